The lowest BCUT2D eigenvalue weighted by Crippen LogP contribution is -2.19. The Morgan fingerprint density at radius 3 is 2.78 bits per heavy atom. The van der Waals surface area contributed by atoms with E-state index in [2.05, 4.69) is 26.5 Å². The first kappa shape index (κ1) is 15.0. The minimum atomic E-state index is -0.0626. The quantitative estimate of drug-likeness (QED) is 0.666. The van der Waals surface area contributed by atoms with Gasteiger partial charge in [0.15, 0.2) is 0 Å². The molecular weight excluding hydrogens is 306 g/mol. The maximum absolute atomic E-state index is 9.65. The van der Waals surface area contributed by atoms with E-state index >= 15 is 0 Å². The SMILES string of the molecule is OC1CCC(Cc2csc3c(CCc4ncc[nH]4)c[nH]c23)CC1. The average Bonchev–Trinajstić information content (AvgIpc) is 3.27. The molecule has 23 heavy (non-hydrogen) atoms. The van der Waals surface area contributed by atoms with Crippen molar-refractivity contribution in [1.82, 2.24) is 15.0 Å². The number of nitrogens with zero attached hydrogens (tertiary/aromatic N) is 1. The molecule has 0 aromatic carbocycles. The number of rotatable bonds is 5. The van der Waals surface area contributed by atoms with Crippen molar-refractivity contribution >= 4 is 21.6 Å². The molecule has 1 saturated carbocycles. The van der Waals surface area contributed by atoms with Crippen molar-refractivity contribution in [3.05, 3.63) is 40.9 Å². The molecule has 1 aliphatic carbocycles. The van der Waals surface area contributed by atoms with Gasteiger partial charge in [-0.05, 0) is 60.9 Å². The molecule has 0 aliphatic heterocycles. The van der Waals surface area contributed by atoms with Crippen LogP contribution in [0.4, 0.5) is 0 Å². The Bertz CT molecular complexity index is 751. The monoisotopic (exact) mass is 329 g/mol. The van der Waals surface area contributed by atoms with Crippen LogP contribution in [0.25, 0.3) is 10.2 Å². The number of fused-ring (bicyclic) bond motifs is 1. The highest BCUT2D eigenvalue weighted by Crippen LogP contribution is 2.34. The van der Waals surface area contributed by atoms with Crippen LogP contribution in [0.1, 0.15) is 42.6 Å². The molecule has 5 heteroatoms. The van der Waals surface area contributed by atoms with Crippen molar-refractivity contribution in [2.75, 3.05) is 0 Å². The smallest absolute Gasteiger partial charge is 0.106 e. The molecule has 0 amide bonds. The molecule has 0 spiro atoms. The lowest BCUT2D eigenvalue weighted by molar-refractivity contribution is 0.109. The van der Waals surface area contributed by atoms with Gasteiger partial charge in [-0.1, -0.05) is 0 Å². The summed E-state index contributed by atoms with van der Waals surface area (Å²) < 4.78 is 1.41. The maximum atomic E-state index is 9.65. The van der Waals surface area contributed by atoms with E-state index < -0.39 is 0 Å². The molecule has 1 aliphatic rings. The van der Waals surface area contributed by atoms with E-state index in [1.54, 1.807) is 0 Å². The molecule has 0 bridgehead atoms. The predicted molar refractivity (Wildman–Crippen MR) is 93.8 cm³/mol. The normalized spacial score (nSPS) is 22.0. The van der Waals surface area contributed by atoms with Gasteiger partial charge in [-0.25, -0.2) is 4.98 Å². The highest BCUT2D eigenvalue weighted by atomic mass is 32.1. The number of H-pyrrole nitrogens is 2. The number of aliphatic hydroxyl groups is 1. The van der Waals surface area contributed by atoms with Crippen LogP contribution in [0, 0.1) is 5.92 Å². The molecule has 3 heterocycles. The zero-order chi connectivity index (χ0) is 15.6. The minimum Gasteiger partial charge on any atom is -0.393 e. The number of aliphatic hydroxyl groups excluding tert-OH is 1. The molecule has 0 unspecified atom stereocenters. The summed E-state index contributed by atoms with van der Waals surface area (Å²) in [6.45, 7) is 0. The minimum absolute atomic E-state index is 0.0626. The van der Waals surface area contributed by atoms with E-state index in [0.717, 1.165) is 56.7 Å². The first-order chi connectivity index (χ1) is 11.3. The van der Waals surface area contributed by atoms with Gasteiger partial charge < -0.3 is 15.1 Å². The van der Waals surface area contributed by atoms with Crippen LogP contribution in [-0.4, -0.2) is 26.2 Å². The predicted octanol–water partition coefficient (Wildman–Crippen LogP) is 3.83. The maximum Gasteiger partial charge on any atom is 0.106 e. The molecule has 0 atom stereocenters. The second kappa shape index (κ2) is 6.49. The standard InChI is InChI=1S/C18H23N3OS/c22-15-4-1-12(2-5-15)9-14-11-23-18-13(10-21-17(14)18)3-6-16-19-7-8-20-16/h7-8,10-12,15,21-22H,1-6,9H2,(H,19,20). The van der Waals surface area contributed by atoms with Crippen LogP contribution in [-0.2, 0) is 19.3 Å². The topological polar surface area (TPSA) is 64.7 Å². The number of thiophene rings is 1. The third-order valence-electron chi connectivity index (χ3n) is 5.06. The average molecular weight is 329 g/mol. The van der Waals surface area contributed by atoms with Crippen molar-refractivity contribution in [3.63, 3.8) is 0 Å². The van der Waals surface area contributed by atoms with Gasteiger partial charge in [-0.3, -0.25) is 0 Å². The summed E-state index contributed by atoms with van der Waals surface area (Å²) in [7, 11) is 0. The summed E-state index contributed by atoms with van der Waals surface area (Å²) in [4.78, 5) is 11.0. The van der Waals surface area contributed by atoms with E-state index in [4.69, 9.17) is 0 Å². The van der Waals surface area contributed by atoms with Crippen LogP contribution in [0.15, 0.2) is 24.0 Å². The Labute approximate surface area is 140 Å². The van der Waals surface area contributed by atoms with Crippen LogP contribution >= 0.6 is 11.3 Å². The number of aromatic nitrogens is 3. The van der Waals surface area contributed by atoms with E-state index in [9.17, 15) is 5.11 Å². The van der Waals surface area contributed by atoms with Crippen molar-refractivity contribution in [2.24, 2.45) is 5.92 Å². The molecule has 1 fully saturated rings. The second-order valence-electron chi connectivity index (χ2n) is 6.69. The Hall–Kier alpha value is -1.59. The molecule has 4 rings (SSSR count). The lowest BCUT2D eigenvalue weighted by Gasteiger charge is -2.25. The van der Waals surface area contributed by atoms with Gasteiger partial charge >= 0.3 is 0 Å². The van der Waals surface area contributed by atoms with Crippen molar-refractivity contribution in [3.8, 4) is 0 Å². The lowest BCUT2D eigenvalue weighted by atomic mass is 9.84. The van der Waals surface area contributed by atoms with Crippen molar-refractivity contribution in [2.45, 2.75) is 51.0 Å². The molecule has 0 saturated heterocycles. The van der Waals surface area contributed by atoms with Gasteiger partial charge in [-0.15, -0.1) is 11.3 Å². The zero-order valence-corrected chi connectivity index (χ0v) is 14.0. The number of imidazole rings is 1. The third-order valence-corrected chi connectivity index (χ3v) is 6.16. The Morgan fingerprint density at radius 1 is 1.13 bits per heavy atom. The Balaban J connectivity index is 1.45. The van der Waals surface area contributed by atoms with Gasteiger partial charge in [0.2, 0.25) is 0 Å². The first-order valence-corrected chi connectivity index (χ1v) is 9.40. The summed E-state index contributed by atoms with van der Waals surface area (Å²) in [5, 5.41) is 12.0. The Morgan fingerprint density at radius 2 is 2.00 bits per heavy atom. The van der Waals surface area contributed by atoms with Crippen molar-refractivity contribution in [1.29, 1.82) is 0 Å². The van der Waals surface area contributed by atoms with Crippen LogP contribution in [0.5, 0.6) is 0 Å². The summed E-state index contributed by atoms with van der Waals surface area (Å²) in [5.74, 6) is 1.78. The highest BCUT2D eigenvalue weighted by Gasteiger charge is 2.21. The summed E-state index contributed by atoms with van der Waals surface area (Å²) >= 11 is 1.86. The molecule has 3 aromatic rings. The number of hydrogen-bond acceptors (Lipinski definition) is 3. The van der Waals surface area contributed by atoms with Gasteiger partial charge in [0.05, 0.1) is 16.3 Å². The fourth-order valence-corrected chi connectivity index (χ4v) is 4.79. The molecule has 4 nitrogen and oxygen atoms in total. The summed E-state index contributed by atoms with van der Waals surface area (Å²) in [6, 6.07) is 0. The van der Waals surface area contributed by atoms with Crippen LogP contribution in [0.2, 0.25) is 0 Å². The third kappa shape index (κ3) is 3.21. The Kier molecular flexibility index (Phi) is 4.23. The van der Waals surface area contributed by atoms with Gasteiger partial charge in [-0.2, -0.15) is 0 Å². The van der Waals surface area contributed by atoms with E-state index in [0.29, 0.717) is 0 Å². The number of aryl methyl sites for hydroxylation is 2. The number of aromatic amines is 2. The van der Waals surface area contributed by atoms with Gasteiger partial charge in [0, 0.05) is 25.0 Å². The first-order valence-electron chi connectivity index (χ1n) is 8.52. The van der Waals surface area contributed by atoms with E-state index in [1.165, 1.54) is 21.3 Å². The summed E-state index contributed by atoms with van der Waals surface area (Å²) in [5.41, 5.74) is 4.18. The second-order valence-corrected chi connectivity index (χ2v) is 7.57. The zero-order valence-electron chi connectivity index (χ0n) is 13.2. The molecule has 3 N–H and O–H groups in total. The van der Waals surface area contributed by atoms with Crippen molar-refractivity contribution < 1.29 is 5.11 Å². The fourth-order valence-electron chi connectivity index (χ4n) is 3.70. The molecule has 3 aromatic heterocycles. The highest BCUT2D eigenvalue weighted by molar-refractivity contribution is 7.17. The van der Waals surface area contributed by atoms with Gasteiger partial charge in [0.1, 0.15) is 5.82 Å². The fraction of sp³-hybridized carbons (Fsp3) is 0.500. The largest absolute Gasteiger partial charge is 0.393 e. The number of nitrogens with one attached hydrogen (secondary N) is 2. The molecule has 122 valence electrons. The molecular formula is C18H23N3OS. The molecule has 0 radical (unpaired) electrons. The van der Waals surface area contributed by atoms with E-state index in [-0.39, 0.29) is 6.10 Å². The summed E-state index contributed by atoms with van der Waals surface area (Å²) in [6.07, 6.45) is 13.2. The van der Waals surface area contributed by atoms with Gasteiger partial charge in [0.25, 0.3) is 0 Å². The van der Waals surface area contributed by atoms with E-state index in [1.807, 2.05) is 23.7 Å². The number of hydrogen-bond donors (Lipinski definition) is 3. The van der Waals surface area contributed by atoms with Crippen LogP contribution in [0.3, 0.4) is 0 Å². The van der Waals surface area contributed by atoms with Crippen LogP contribution < -0.4 is 0 Å².